The van der Waals surface area contributed by atoms with E-state index in [2.05, 4.69) is 19.8 Å². The first-order valence-electron chi connectivity index (χ1n) is 5.65. The van der Waals surface area contributed by atoms with E-state index in [0.717, 1.165) is 0 Å². The van der Waals surface area contributed by atoms with Crippen molar-refractivity contribution in [2.24, 2.45) is 4.99 Å². The highest BCUT2D eigenvalue weighted by atomic mass is 16.6. The van der Waals surface area contributed by atoms with Gasteiger partial charge in [-0.1, -0.05) is 6.07 Å². The van der Waals surface area contributed by atoms with Crippen LogP contribution < -0.4 is 10.8 Å². The van der Waals surface area contributed by atoms with Gasteiger partial charge in [0.15, 0.2) is 11.3 Å². The first kappa shape index (κ1) is 14.6. The van der Waals surface area contributed by atoms with Crippen molar-refractivity contribution in [1.29, 1.82) is 0 Å². The lowest BCUT2D eigenvalue weighted by atomic mass is 10.4. The lowest BCUT2D eigenvalue weighted by molar-refractivity contribution is 0.153. The Morgan fingerprint density at radius 3 is 2.63 bits per heavy atom. The number of rotatable bonds is 3. The van der Waals surface area contributed by atoms with Crippen molar-refractivity contribution >= 4 is 18.0 Å². The van der Waals surface area contributed by atoms with Gasteiger partial charge in [0.2, 0.25) is 0 Å². The number of carbonyl (C=O) groups excluding carboxylic acids is 2. The molecular formula is C11H15N3O5. The summed E-state index contributed by atoms with van der Waals surface area (Å²) in [4.78, 5) is 25.9. The van der Waals surface area contributed by atoms with E-state index in [0.29, 0.717) is 4.73 Å². The van der Waals surface area contributed by atoms with Gasteiger partial charge in [-0.25, -0.2) is 9.59 Å². The number of ether oxygens (including phenoxy) is 2. The van der Waals surface area contributed by atoms with Gasteiger partial charge in [0, 0.05) is 0 Å². The molecular weight excluding hydrogens is 254 g/mol. The fraction of sp³-hybridized carbons (Fsp3) is 0.364. The molecule has 1 heterocycles. The third-order valence-electron chi connectivity index (χ3n) is 1.92. The van der Waals surface area contributed by atoms with Crippen molar-refractivity contribution < 1.29 is 24.3 Å². The molecule has 19 heavy (non-hydrogen) atoms. The van der Waals surface area contributed by atoms with E-state index < -0.39 is 12.2 Å². The van der Waals surface area contributed by atoms with Gasteiger partial charge in [0.25, 0.3) is 0 Å². The molecule has 0 spiro atoms. The predicted octanol–water partition coefficient (Wildman–Crippen LogP) is 1.35. The third-order valence-corrected chi connectivity index (χ3v) is 1.92. The Balaban J connectivity index is 2.98. The summed E-state index contributed by atoms with van der Waals surface area (Å²) in [5, 5.41) is 12.1. The second kappa shape index (κ2) is 7.04. The molecule has 1 rings (SSSR count). The van der Waals surface area contributed by atoms with E-state index in [1.165, 1.54) is 18.2 Å². The smallest absolute Gasteiger partial charge is 0.435 e. The molecule has 0 bridgehead atoms. The molecule has 1 aromatic heterocycles. The molecule has 0 saturated heterocycles. The summed E-state index contributed by atoms with van der Waals surface area (Å²) in [5.41, 5.74) is -0.0762. The maximum Gasteiger partial charge on any atom is 0.435 e. The fourth-order valence-corrected chi connectivity index (χ4v) is 1.19. The number of pyridine rings is 1. The van der Waals surface area contributed by atoms with Gasteiger partial charge in [0.05, 0.1) is 13.2 Å². The Labute approximate surface area is 109 Å². The van der Waals surface area contributed by atoms with Gasteiger partial charge in [-0.2, -0.15) is 9.72 Å². The summed E-state index contributed by atoms with van der Waals surface area (Å²) in [6.45, 7) is 3.66. The van der Waals surface area contributed by atoms with E-state index in [1.807, 2.05) is 0 Å². The topological polar surface area (TPSA) is 102 Å². The van der Waals surface area contributed by atoms with Crippen molar-refractivity contribution in [3.63, 3.8) is 0 Å². The van der Waals surface area contributed by atoms with Crippen LogP contribution in [-0.2, 0) is 9.47 Å². The zero-order chi connectivity index (χ0) is 14.3. The molecule has 0 aliphatic carbocycles. The quantitative estimate of drug-likeness (QED) is 0.806. The number of aromatic nitrogens is 1. The van der Waals surface area contributed by atoms with Crippen LogP contribution >= 0.6 is 0 Å². The van der Waals surface area contributed by atoms with E-state index >= 15 is 0 Å². The Morgan fingerprint density at radius 1 is 1.32 bits per heavy atom. The molecule has 0 aliphatic heterocycles. The lowest BCUT2D eigenvalue weighted by Crippen LogP contribution is -2.25. The van der Waals surface area contributed by atoms with Crippen LogP contribution in [0.15, 0.2) is 23.2 Å². The van der Waals surface area contributed by atoms with E-state index in [4.69, 9.17) is 0 Å². The maximum atomic E-state index is 11.2. The zero-order valence-corrected chi connectivity index (χ0v) is 10.6. The summed E-state index contributed by atoms with van der Waals surface area (Å²) < 4.78 is 9.83. The number of anilines is 1. The molecule has 1 aromatic rings. The minimum atomic E-state index is -0.835. The minimum Gasteiger partial charge on any atom is -0.450 e. The number of amides is 2. The number of nitrogens with zero attached hydrogens (tertiary/aromatic N) is 2. The molecule has 8 heteroatoms. The van der Waals surface area contributed by atoms with Crippen LogP contribution in [0.5, 0.6) is 0 Å². The highest BCUT2D eigenvalue weighted by molar-refractivity contribution is 5.83. The molecule has 0 unspecified atom stereocenters. The predicted molar refractivity (Wildman–Crippen MR) is 64.8 cm³/mol. The largest absolute Gasteiger partial charge is 0.450 e. The van der Waals surface area contributed by atoms with Crippen molar-refractivity contribution in [2.45, 2.75) is 13.8 Å². The van der Waals surface area contributed by atoms with Gasteiger partial charge < -0.3 is 14.7 Å². The Hall–Kier alpha value is -2.51. The zero-order valence-electron chi connectivity index (χ0n) is 10.6. The van der Waals surface area contributed by atoms with Gasteiger partial charge in [-0.05, 0) is 26.0 Å². The second-order valence-electron chi connectivity index (χ2n) is 3.24. The van der Waals surface area contributed by atoms with E-state index in [-0.39, 0.29) is 24.5 Å². The Kier molecular flexibility index (Phi) is 5.39. The summed E-state index contributed by atoms with van der Waals surface area (Å²) >= 11 is 0. The summed E-state index contributed by atoms with van der Waals surface area (Å²) in [6, 6.07) is 4.31. The average molecular weight is 269 g/mol. The molecule has 104 valence electrons. The first-order chi connectivity index (χ1) is 9.08. The molecule has 0 radical (unpaired) electrons. The van der Waals surface area contributed by atoms with Crippen molar-refractivity contribution in [1.82, 2.24) is 4.73 Å². The maximum absolute atomic E-state index is 11.2. The van der Waals surface area contributed by atoms with E-state index in [9.17, 15) is 14.8 Å². The molecule has 0 aliphatic rings. The van der Waals surface area contributed by atoms with Crippen molar-refractivity contribution in [3.05, 3.63) is 23.7 Å². The normalized spacial score (nSPS) is 10.9. The SMILES string of the molecule is CCOC(=O)N=c1cccc(NC(=O)OCC)n1O. The van der Waals surface area contributed by atoms with Crippen LogP contribution in [0, 0.1) is 0 Å². The highest BCUT2D eigenvalue weighted by Crippen LogP contribution is 2.02. The minimum absolute atomic E-state index is 0.0176. The molecule has 2 N–H and O–H groups in total. The van der Waals surface area contributed by atoms with Crippen molar-refractivity contribution in [2.75, 3.05) is 18.5 Å². The molecule has 2 amide bonds. The number of nitrogens with one attached hydrogen (secondary N) is 1. The van der Waals surface area contributed by atoms with Crippen LogP contribution in [0.25, 0.3) is 0 Å². The monoisotopic (exact) mass is 269 g/mol. The Morgan fingerprint density at radius 2 is 2.00 bits per heavy atom. The van der Waals surface area contributed by atoms with Crippen LogP contribution in [0.2, 0.25) is 0 Å². The van der Waals surface area contributed by atoms with Crippen LogP contribution in [-0.4, -0.2) is 35.3 Å². The lowest BCUT2D eigenvalue weighted by Gasteiger charge is -2.08. The number of hydrogen-bond acceptors (Lipinski definition) is 5. The first-order valence-corrected chi connectivity index (χ1v) is 5.65. The van der Waals surface area contributed by atoms with Gasteiger partial charge >= 0.3 is 12.2 Å². The average Bonchev–Trinajstić information content (AvgIpc) is 2.35. The number of hydrogen-bond donors (Lipinski definition) is 2. The van der Waals surface area contributed by atoms with E-state index in [1.54, 1.807) is 13.8 Å². The van der Waals surface area contributed by atoms with Crippen LogP contribution in [0.3, 0.4) is 0 Å². The standard InChI is InChI=1S/C11H15N3O5/c1-3-18-10(15)12-8-6-5-7-9(14(8)17)13-11(16)19-4-2/h5-7,17H,3-4H2,1-2H3,(H,12,15). The highest BCUT2D eigenvalue weighted by Gasteiger charge is 2.07. The van der Waals surface area contributed by atoms with Crippen LogP contribution in [0.4, 0.5) is 15.4 Å². The number of carbonyl (C=O) groups is 2. The van der Waals surface area contributed by atoms with Gasteiger partial charge in [-0.3, -0.25) is 5.32 Å². The van der Waals surface area contributed by atoms with Crippen molar-refractivity contribution in [3.8, 4) is 0 Å². The summed E-state index contributed by atoms with van der Waals surface area (Å²) in [7, 11) is 0. The third kappa shape index (κ3) is 4.34. The summed E-state index contributed by atoms with van der Waals surface area (Å²) in [5.74, 6) is 0.0176. The van der Waals surface area contributed by atoms with Gasteiger partial charge in [0.1, 0.15) is 0 Å². The summed E-state index contributed by atoms with van der Waals surface area (Å²) in [6.07, 6.45) is -1.56. The fourth-order valence-electron chi connectivity index (χ4n) is 1.19. The van der Waals surface area contributed by atoms with Crippen LogP contribution in [0.1, 0.15) is 13.8 Å². The molecule has 0 saturated carbocycles. The second-order valence-corrected chi connectivity index (χ2v) is 3.24. The molecule has 0 atom stereocenters. The molecule has 0 fully saturated rings. The Bertz CT molecular complexity index is 523. The van der Waals surface area contributed by atoms with Gasteiger partial charge in [-0.15, -0.1) is 0 Å². The molecule has 0 aromatic carbocycles. The molecule has 8 nitrogen and oxygen atoms in total.